The third-order valence-corrected chi connectivity index (χ3v) is 14.2. The maximum absolute atomic E-state index is 15.4. The lowest BCUT2D eigenvalue weighted by molar-refractivity contribution is -0.478. The topological polar surface area (TPSA) is 15.5 Å². The van der Waals surface area contributed by atoms with Crippen molar-refractivity contribution in [3.05, 3.63) is 116 Å². The highest BCUT2D eigenvalue weighted by molar-refractivity contribution is 7.20. The third-order valence-electron chi connectivity index (χ3n) is 9.71. The standard InChI is InChI=1S/C24BF20.C11H27N2OSi/c26-5-1(6(27)14(35)21(42)13(5)34)25(2-7(28)15(36)22(43)16(37)8(2)29,3-9(30)17(38)23(44)18(39)10(3)31)4-11(32)19(40)24(45)20(41)12(4)33;1-8-15(9-2,10-3)14-11(12(4)5)13(6)7/h;8-10H2,1-7H3/q-1;+1. The molecule has 0 saturated carbocycles. The predicted molar refractivity (Wildman–Crippen MR) is 178 cm³/mol. The van der Waals surface area contributed by atoms with E-state index in [-0.39, 0.29) is 0 Å². The van der Waals surface area contributed by atoms with Crippen LogP contribution < -0.4 is 21.9 Å². The molecule has 0 fully saturated rings. The molecule has 4 aromatic rings. The van der Waals surface area contributed by atoms with Crippen LogP contribution in [0.5, 0.6) is 0 Å². The fraction of sp³-hybridized carbons (Fsp3) is 0.286. The summed E-state index contributed by atoms with van der Waals surface area (Å²) < 4.78 is 302. The molecule has 25 heteroatoms. The lowest BCUT2D eigenvalue weighted by Crippen LogP contribution is -2.81. The lowest BCUT2D eigenvalue weighted by Gasteiger charge is -2.44. The molecule has 4 rings (SSSR count). The van der Waals surface area contributed by atoms with Gasteiger partial charge in [0.15, 0.2) is 69.8 Å². The van der Waals surface area contributed by atoms with Gasteiger partial charge in [0, 0.05) is 0 Å². The molecule has 0 aliphatic heterocycles. The van der Waals surface area contributed by atoms with Gasteiger partial charge in [-0.15, -0.1) is 21.9 Å². The Morgan fingerprint density at radius 2 is 0.550 bits per heavy atom. The highest BCUT2D eigenvalue weighted by Gasteiger charge is 2.52. The van der Waals surface area contributed by atoms with E-state index in [4.69, 9.17) is 4.43 Å². The molecule has 0 amide bonds. The van der Waals surface area contributed by atoms with E-state index >= 15 is 35.1 Å². The largest absolute Gasteiger partial charge is 0.486 e. The van der Waals surface area contributed by atoms with Crippen LogP contribution in [0.2, 0.25) is 18.1 Å². The van der Waals surface area contributed by atoms with E-state index in [9.17, 15) is 52.7 Å². The van der Waals surface area contributed by atoms with Crippen LogP contribution in [-0.4, -0.2) is 58.2 Å². The first-order valence-corrected chi connectivity index (χ1v) is 19.3. The van der Waals surface area contributed by atoms with Gasteiger partial charge in [0.1, 0.15) is 52.7 Å². The first kappa shape index (κ1) is 49.4. The minimum atomic E-state index is -7.22. The minimum Gasteiger partial charge on any atom is -0.486 e. The van der Waals surface area contributed by atoms with E-state index in [0.29, 0.717) is 0 Å². The first-order chi connectivity index (χ1) is 27.6. The number of rotatable bonds is 8. The van der Waals surface area contributed by atoms with Crippen LogP contribution in [0.4, 0.5) is 87.8 Å². The molecule has 0 spiro atoms. The Hall–Kier alpha value is -4.97. The molecule has 0 aliphatic rings. The maximum Gasteiger partial charge on any atom is 0.431 e. The average Bonchev–Trinajstić information content (AvgIpc) is 3.21. The number of benzene rings is 4. The Balaban J connectivity index is 0.000000544. The summed E-state index contributed by atoms with van der Waals surface area (Å²) in [5.74, 6) is -71.4. The molecule has 0 atom stereocenters. The third kappa shape index (κ3) is 7.65. The van der Waals surface area contributed by atoms with E-state index in [1.165, 1.54) is 18.1 Å². The number of nitrogens with zero attached hydrogens (tertiary/aromatic N) is 2. The van der Waals surface area contributed by atoms with E-state index in [2.05, 4.69) is 30.2 Å². The number of halogens is 20. The van der Waals surface area contributed by atoms with Crippen molar-refractivity contribution in [2.45, 2.75) is 38.9 Å². The summed E-state index contributed by atoms with van der Waals surface area (Å²) in [5.41, 5.74) is -14.3. The van der Waals surface area contributed by atoms with Gasteiger partial charge < -0.3 is 4.43 Å². The molecule has 0 bridgehead atoms. The van der Waals surface area contributed by atoms with E-state index in [1.54, 1.807) is 0 Å². The van der Waals surface area contributed by atoms with Crippen molar-refractivity contribution in [3.63, 3.8) is 0 Å². The van der Waals surface area contributed by atoms with Gasteiger partial charge in [0.25, 0.3) is 8.32 Å². The van der Waals surface area contributed by atoms with Gasteiger partial charge in [-0.1, -0.05) is 20.8 Å². The maximum atomic E-state index is 15.4. The summed E-state index contributed by atoms with van der Waals surface area (Å²) in [6.07, 6.45) is -7.22. The monoisotopic (exact) mass is 910 g/mol. The normalized spacial score (nSPS) is 11.8. The fourth-order valence-electron chi connectivity index (χ4n) is 6.62. The molecule has 60 heavy (non-hydrogen) atoms. The van der Waals surface area contributed by atoms with E-state index < -0.39 is 153 Å². The highest BCUT2D eigenvalue weighted by Crippen LogP contribution is 2.31. The van der Waals surface area contributed by atoms with Crippen molar-refractivity contribution in [1.29, 1.82) is 0 Å². The summed E-state index contributed by atoms with van der Waals surface area (Å²) in [6, 6.07) is 4.55. The number of hydrogen-bond acceptors (Lipinski definition) is 1. The van der Waals surface area contributed by atoms with Crippen LogP contribution >= 0.6 is 0 Å². The zero-order chi connectivity index (χ0) is 46.4. The molecule has 0 heterocycles. The Morgan fingerprint density at radius 3 is 0.683 bits per heavy atom. The van der Waals surface area contributed by atoms with Crippen LogP contribution in [0.25, 0.3) is 0 Å². The molecule has 0 aromatic heterocycles. The summed E-state index contributed by atoms with van der Waals surface area (Å²) in [6.45, 7) is 6.76. The van der Waals surface area contributed by atoms with Crippen LogP contribution in [0.15, 0.2) is 0 Å². The Morgan fingerprint density at radius 1 is 0.383 bits per heavy atom. The van der Waals surface area contributed by atoms with Crippen LogP contribution in [-0.2, 0) is 4.43 Å². The van der Waals surface area contributed by atoms with Crippen molar-refractivity contribution in [2.24, 2.45) is 0 Å². The van der Waals surface area contributed by atoms with Crippen molar-refractivity contribution in [2.75, 3.05) is 28.2 Å². The molecule has 0 saturated heterocycles. The quantitative estimate of drug-likeness (QED) is 0.0339. The molecule has 0 N–H and O–H groups in total. The molecular formula is C35H27BF20N2OSi. The molecule has 0 radical (unpaired) electrons. The zero-order valence-corrected chi connectivity index (χ0v) is 32.6. The van der Waals surface area contributed by atoms with Crippen LogP contribution in [0.3, 0.4) is 0 Å². The summed E-state index contributed by atoms with van der Waals surface area (Å²) in [4.78, 5) is 2.06. The second-order valence-corrected chi connectivity index (χ2v) is 17.9. The zero-order valence-electron chi connectivity index (χ0n) is 31.6. The van der Waals surface area contributed by atoms with Crippen molar-refractivity contribution >= 4 is 42.3 Å². The molecule has 4 aromatic carbocycles. The fourth-order valence-corrected chi connectivity index (χ4v) is 9.30. The smallest absolute Gasteiger partial charge is 0.431 e. The van der Waals surface area contributed by atoms with Gasteiger partial charge in [-0.3, -0.25) is 0 Å². The number of amidine groups is 1. The van der Waals surface area contributed by atoms with Crippen molar-refractivity contribution in [3.8, 4) is 0 Å². The van der Waals surface area contributed by atoms with Gasteiger partial charge in [-0.25, -0.2) is 97.3 Å². The van der Waals surface area contributed by atoms with E-state index in [0.717, 1.165) is 6.02 Å². The van der Waals surface area contributed by atoms with Gasteiger partial charge in [-0.05, 0) is 18.1 Å². The second kappa shape index (κ2) is 17.9. The lowest BCUT2D eigenvalue weighted by atomic mass is 9.12. The Bertz CT molecular complexity index is 1990. The Kier molecular flexibility index (Phi) is 14.8. The van der Waals surface area contributed by atoms with Crippen molar-refractivity contribution in [1.82, 2.24) is 4.90 Å². The van der Waals surface area contributed by atoms with Gasteiger partial charge in [-0.2, -0.15) is 0 Å². The van der Waals surface area contributed by atoms with Gasteiger partial charge >= 0.3 is 6.02 Å². The van der Waals surface area contributed by atoms with Gasteiger partial charge in [0.2, 0.25) is 0 Å². The molecule has 0 unspecified atom stereocenters. The molecule has 0 aliphatic carbocycles. The predicted octanol–water partition coefficient (Wildman–Crippen LogP) is 8.04. The van der Waals surface area contributed by atoms with Crippen LogP contribution in [0.1, 0.15) is 20.8 Å². The van der Waals surface area contributed by atoms with Crippen molar-refractivity contribution < 1.29 is 96.8 Å². The SMILES string of the molecule is CC[Si](CC)(CC)OC(N(C)C)=[N+](C)C.Fc1c(F)c(F)c([B-](c2c(F)c(F)c(F)c(F)c2F)(c2c(F)c(F)c(F)c(F)c2F)c2c(F)c(F)c(F)c(F)c2F)c(F)c1F. The van der Waals surface area contributed by atoms with E-state index in [1.807, 2.05) is 28.2 Å². The van der Waals surface area contributed by atoms with Gasteiger partial charge in [0.05, 0.1) is 28.2 Å². The summed E-state index contributed by atoms with van der Waals surface area (Å²) in [7, 11) is 6.62. The Labute approximate surface area is 327 Å². The van der Waals surface area contributed by atoms with Crippen LogP contribution in [0, 0.1) is 116 Å². The average molecular weight is 910 g/mol. The minimum absolute atomic E-state index is 0.993. The summed E-state index contributed by atoms with van der Waals surface area (Å²) in [5, 5.41) is 0. The highest BCUT2D eigenvalue weighted by atomic mass is 28.4. The second-order valence-electron chi connectivity index (χ2n) is 13.2. The number of hydrogen-bond donors (Lipinski definition) is 0. The molecule has 330 valence electrons. The summed E-state index contributed by atoms with van der Waals surface area (Å²) >= 11 is 0. The molecule has 3 nitrogen and oxygen atoms in total. The first-order valence-electron chi connectivity index (χ1n) is 16.8. The molecular weight excluding hydrogens is 883 g/mol.